The summed E-state index contributed by atoms with van der Waals surface area (Å²) in [5.74, 6) is -0.193. The molecular weight excluding hydrogens is 744 g/mol. The number of nitrogens with one attached hydrogen (secondary N) is 1. The molecule has 0 radical (unpaired) electrons. The molecule has 0 heterocycles. The molecule has 1 amide bonds. The Kier molecular flexibility index (Phi) is 41.0. The molecule has 3 atom stereocenters. The number of likely N-dealkylation sites (N-methyl/N-ethyl adjacent to an activating group) is 1. The smallest absolute Gasteiger partial charge is 0.268 e. The van der Waals surface area contributed by atoms with Gasteiger partial charge in [0.15, 0.2) is 0 Å². The molecule has 1 unspecified atom stereocenters. The standard InChI is InChI=1S/C49H99N2O6P/c1-6-8-10-12-14-16-18-20-22-23-24-25-26-27-29-31-33-35-37-39-41-43-49(53)50-47(46-57-58(54,55)56-45-44-51(3,4)5)48(52)42-40-38-36-34-32-30-28-21-19-17-15-13-11-9-7-2/h40,42,47-48,52H,6-39,41,43-46H2,1-5H3,(H-,50,53,54,55)/b42-40+/t47-,48+/m0/s1. The Morgan fingerprint density at radius 2 is 0.931 bits per heavy atom. The first-order chi connectivity index (χ1) is 28.0. The third-order valence-electron chi connectivity index (χ3n) is 11.5. The number of rotatable bonds is 46. The number of hydrogen-bond acceptors (Lipinski definition) is 6. The summed E-state index contributed by atoms with van der Waals surface area (Å²) >= 11 is 0. The first-order valence-electron chi connectivity index (χ1n) is 25.1. The molecule has 0 aromatic heterocycles. The van der Waals surface area contributed by atoms with E-state index in [9.17, 15) is 19.4 Å². The summed E-state index contributed by atoms with van der Waals surface area (Å²) in [6.45, 7) is 4.68. The predicted molar refractivity (Wildman–Crippen MR) is 247 cm³/mol. The highest BCUT2D eigenvalue weighted by molar-refractivity contribution is 7.45. The molecule has 0 aliphatic heterocycles. The number of hydrogen-bond donors (Lipinski definition) is 2. The molecule has 0 rings (SSSR count). The monoisotopic (exact) mass is 843 g/mol. The largest absolute Gasteiger partial charge is 0.756 e. The van der Waals surface area contributed by atoms with Crippen molar-refractivity contribution in [2.75, 3.05) is 40.9 Å². The normalized spacial score (nSPS) is 14.3. The zero-order valence-corrected chi connectivity index (χ0v) is 40.2. The van der Waals surface area contributed by atoms with Crippen molar-refractivity contribution in [3.05, 3.63) is 12.2 Å². The van der Waals surface area contributed by atoms with Crippen molar-refractivity contribution in [1.29, 1.82) is 0 Å². The highest BCUT2D eigenvalue weighted by atomic mass is 31.2. The molecule has 0 bridgehead atoms. The lowest BCUT2D eigenvalue weighted by molar-refractivity contribution is -0.870. The maximum absolute atomic E-state index is 12.9. The van der Waals surface area contributed by atoms with Crippen molar-refractivity contribution < 1.29 is 32.9 Å². The van der Waals surface area contributed by atoms with E-state index >= 15 is 0 Å². The second-order valence-corrected chi connectivity index (χ2v) is 19.9. The van der Waals surface area contributed by atoms with Crippen molar-refractivity contribution >= 4 is 13.7 Å². The number of nitrogens with zero attached hydrogens (tertiary/aromatic N) is 1. The van der Waals surface area contributed by atoms with Gasteiger partial charge in [0.2, 0.25) is 5.91 Å². The number of phosphoric acid groups is 1. The topological polar surface area (TPSA) is 108 Å². The number of phosphoric ester groups is 1. The van der Waals surface area contributed by atoms with Gasteiger partial charge in [0.05, 0.1) is 39.9 Å². The van der Waals surface area contributed by atoms with Gasteiger partial charge in [0, 0.05) is 6.42 Å². The molecule has 0 aliphatic rings. The number of quaternary nitrogens is 1. The Morgan fingerprint density at radius 1 is 0.586 bits per heavy atom. The third kappa shape index (κ3) is 43.3. The summed E-state index contributed by atoms with van der Waals surface area (Å²) in [5, 5.41) is 13.8. The minimum atomic E-state index is -4.58. The van der Waals surface area contributed by atoms with Crippen molar-refractivity contribution in [3.63, 3.8) is 0 Å². The molecule has 0 saturated heterocycles. The van der Waals surface area contributed by atoms with E-state index in [0.717, 1.165) is 38.5 Å². The van der Waals surface area contributed by atoms with E-state index in [1.807, 2.05) is 27.2 Å². The van der Waals surface area contributed by atoms with Crippen LogP contribution in [-0.4, -0.2) is 68.5 Å². The van der Waals surface area contributed by atoms with E-state index in [4.69, 9.17) is 9.05 Å². The highest BCUT2D eigenvalue weighted by Crippen LogP contribution is 2.38. The summed E-state index contributed by atoms with van der Waals surface area (Å²) in [6.07, 6.45) is 48.3. The lowest BCUT2D eigenvalue weighted by atomic mass is 10.0. The van der Waals surface area contributed by atoms with Crippen LogP contribution in [0.15, 0.2) is 12.2 Å². The molecule has 0 saturated carbocycles. The molecule has 0 aliphatic carbocycles. The highest BCUT2D eigenvalue weighted by Gasteiger charge is 2.23. The number of carbonyl (C=O) groups excluding carboxylic acids is 1. The summed E-state index contributed by atoms with van der Waals surface area (Å²) < 4.78 is 23.3. The van der Waals surface area contributed by atoms with E-state index in [1.165, 1.54) is 186 Å². The summed E-state index contributed by atoms with van der Waals surface area (Å²) in [5.41, 5.74) is 0. The van der Waals surface area contributed by atoms with Crippen LogP contribution in [0.5, 0.6) is 0 Å². The summed E-state index contributed by atoms with van der Waals surface area (Å²) in [7, 11) is 1.27. The molecule has 58 heavy (non-hydrogen) atoms. The SMILES string of the molecule is CCCCCCCCCCCCCCC/C=C/[C@@H](O)[C@H](COP(=O)([O-])OCC[N+](C)(C)C)NC(=O)CCCCCCCCCCCCCCCCCCCCCCC. The van der Waals surface area contributed by atoms with Crippen LogP contribution in [0.1, 0.15) is 245 Å². The van der Waals surface area contributed by atoms with E-state index in [0.29, 0.717) is 17.4 Å². The van der Waals surface area contributed by atoms with Crippen LogP contribution >= 0.6 is 7.82 Å². The Morgan fingerprint density at radius 3 is 1.29 bits per heavy atom. The maximum Gasteiger partial charge on any atom is 0.268 e. The number of unbranched alkanes of at least 4 members (excludes halogenated alkanes) is 33. The van der Waals surface area contributed by atoms with Crippen LogP contribution < -0.4 is 10.2 Å². The van der Waals surface area contributed by atoms with Crippen LogP contribution in [0.25, 0.3) is 0 Å². The van der Waals surface area contributed by atoms with E-state index in [-0.39, 0.29) is 19.1 Å². The fraction of sp³-hybridized carbons (Fsp3) is 0.939. The minimum Gasteiger partial charge on any atom is -0.756 e. The lowest BCUT2D eigenvalue weighted by Crippen LogP contribution is -2.45. The Labute approximate surface area is 361 Å². The Bertz CT molecular complexity index is 958. The molecule has 0 fully saturated rings. The number of amides is 1. The van der Waals surface area contributed by atoms with Gasteiger partial charge in [0.1, 0.15) is 13.2 Å². The van der Waals surface area contributed by atoms with Crippen LogP contribution in [-0.2, 0) is 18.4 Å². The van der Waals surface area contributed by atoms with Gasteiger partial charge < -0.3 is 28.8 Å². The van der Waals surface area contributed by atoms with E-state index in [2.05, 4.69) is 19.2 Å². The summed E-state index contributed by atoms with van der Waals surface area (Å²) in [6, 6.07) is -0.880. The zero-order chi connectivity index (χ0) is 42.8. The van der Waals surface area contributed by atoms with Gasteiger partial charge in [-0.25, -0.2) is 0 Å². The van der Waals surface area contributed by atoms with Crippen molar-refractivity contribution in [3.8, 4) is 0 Å². The van der Waals surface area contributed by atoms with Gasteiger partial charge in [-0.2, -0.15) is 0 Å². The fourth-order valence-electron chi connectivity index (χ4n) is 7.51. The first kappa shape index (κ1) is 57.2. The van der Waals surface area contributed by atoms with Gasteiger partial charge in [-0.05, 0) is 19.3 Å². The zero-order valence-electron chi connectivity index (χ0n) is 39.3. The second kappa shape index (κ2) is 41.6. The number of aliphatic hydroxyl groups is 1. The molecule has 9 heteroatoms. The second-order valence-electron chi connectivity index (χ2n) is 18.5. The molecule has 8 nitrogen and oxygen atoms in total. The number of allylic oxidation sites excluding steroid dienone is 1. The van der Waals surface area contributed by atoms with E-state index < -0.39 is 20.0 Å². The predicted octanol–water partition coefficient (Wildman–Crippen LogP) is 13.7. The number of aliphatic hydroxyl groups excluding tert-OH is 1. The Hall–Kier alpha value is -0.760. The molecular formula is C49H99N2O6P. The maximum atomic E-state index is 12.9. The minimum absolute atomic E-state index is 0.00234. The van der Waals surface area contributed by atoms with Crippen LogP contribution in [0, 0.1) is 0 Å². The van der Waals surface area contributed by atoms with Crippen LogP contribution in [0.2, 0.25) is 0 Å². The van der Waals surface area contributed by atoms with Gasteiger partial charge in [-0.3, -0.25) is 9.36 Å². The fourth-order valence-corrected chi connectivity index (χ4v) is 8.23. The third-order valence-corrected chi connectivity index (χ3v) is 12.5. The van der Waals surface area contributed by atoms with Crippen molar-refractivity contribution in [1.82, 2.24) is 5.32 Å². The van der Waals surface area contributed by atoms with Gasteiger partial charge in [-0.15, -0.1) is 0 Å². The molecule has 0 aromatic carbocycles. The lowest BCUT2D eigenvalue weighted by Gasteiger charge is -2.29. The number of carbonyl (C=O) groups is 1. The first-order valence-corrected chi connectivity index (χ1v) is 26.5. The quantitative estimate of drug-likeness (QED) is 0.0273. The molecule has 2 N–H and O–H groups in total. The van der Waals surface area contributed by atoms with Gasteiger partial charge in [0.25, 0.3) is 7.82 Å². The average molecular weight is 843 g/mol. The van der Waals surface area contributed by atoms with Gasteiger partial charge in [-0.1, -0.05) is 231 Å². The van der Waals surface area contributed by atoms with Crippen LogP contribution in [0.4, 0.5) is 0 Å². The van der Waals surface area contributed by atoms with Crippen molar-refractivity contribution in [2.24, 2.45) is 0 Å². The van der Waals surface area contributed by atoms with Gasteiger partial charge >= 0.3 is 0 Å². The van der Waals surface area contributed by atoms with Crippen LogP contribution in [0.3, 0.4) is 0 Å². The Balaban J connectivity index is 4.26. The molecule has 0 aromatic rings. The molecule has 346 valence electrons. The molecule has 0 spiro atoms. The summed E-state index contributed by atoms with van der Waals surface area (Å²) in [4.78, 5) is 25.4. The average Bonchev–Trinajstić information content (AvgIpc) is 3.17. The van der Waals surface area contributed by atoms with Crippen molar-refractivity contribution in [2.45, 2.75) is 257 Å². The van der Waals surface area contributed by atoms with E-state index in [1.54, 1.807) is 6.08 Å².